The minimum Gasteiger partial charge on any atom is -0.347 e. The van der Waals surface area contributed by atoms with Crippen LogP contribution in [0.4, 0.5) is 5.82 Å². The molecule has 0 fully saturated rings. The fourth-order valence-electron chi connectivity index (χ4n) is 2.80. The molecular weight excluding hydrogens is 374 g/mol. The van der Waals surface area contributed by atoms with E-state index in [2.05, 4.69) is 25.8 Å². The normalized spacial score (nSPS) is 10.8. The van der Waals surface area contributed by atoms with Crippen molar-refractivity contribution in [1.82, 2.24) is 20.5 Å². The van der Waals surface area contributed by atoms with Gasteiger partial charge in [-0.15, -0.1) is 11.3 Å². The molecule has 7 nitrogen and oxygen atoms in total. The Labute approximate surface area is 164 Å². The molecule has 3 heterocycles. The minimum absolute atomic E-state index is 0.170. The van der Waals surface area contributed by atoms with Gasteiger partial charge >= 0.3 is 0 Å². The number of rotatable bonds is 5. The van der Waals surface area contributed by atoms with Crippen LogP contribution in [-0.4, -0.2) is 27.0 Å². The number of aryl methyl sites for hydroxylation is 1. The van der Waals surface area contributed by atoms with Crippen LogP contribution < -0.4 is 10.6 Å². The number of aromatic amines is 1. The average molecular weight is 391 g/mol. The molecule has 0 atom stereocenters. The number of thiophene rings is 1. The second-order valence-electron chi connectivity index (χ2n) is 6.29. The predicted molar refractivity (Wildman–Crippen MR) is 109 cm³/mol. The van der Waals surface area contributed by atoms with Crippen molar-refractivity contribution in [3.63, 3.8) is 0 Å². The van der Waals surface area contributed by atoms with Gasteiger partial charge in [-0.3, -0.25) is 19.7 Å². The fourth-order valence-corrected chi connectivity index (χ4v) is 3.71. The van der Waals surface area contributed by atoms with Crippen LogP contribution >= 0.6 is 11.3 Å². The van der Waals surface area contributed by atoms with Crippen molar-refractivity contribution >= 4 is 39.2 Å². The number of nitrogens with one attached hydrogen (secondary N) is 3. The lowest BCUT2D eigenvalue weighted by molar-refractivity contribution is 0.0954. The van der Waals surface area contributed by atoms with Crippen molar-refractivity contribution in [3.8, 4) is 0 Å². The summed E-state index contributed by atoms with van der Waals surface area (Å²) in [6.07, 6.45) is 3.11. The van der Waals surface area contributed by atoms with E-state index >= 15 is 0 Å². The van der Waals surface area contributed by atoms with Crippen molar-refractivity contribution in [2.75, 3.05) is 5.32 Å². The van der Waals surface area contributed by atoms with Crippen LogP contribution in [0, 0.1) is 6.92 Å². The summed E-state index contributed by atoms with van der Waals surface area (Å²) in [7, 11) is 0. The molecule has 0 radical (unpaired) electrons. The Morgan fingerprint density at radius 2 is 1.93 bits per heavy atom. The Hall–Kier alpha value is -3.52. The highest BCUT2D eigenvalue weighted by Crippen LogP contribution is 2.29. The number of hydrogen-bond acceptors (Lipinski definition) is 5. The first-order chi connectivity index (χ1) is 13.6. The summed E-state index contributed by atoms with van der Waals surface area (Å²) in [5, 5.41) is 13.4. The third-order valence-corrected chi connectivity index (χ3v) is 5.22. The van der Waals surface area contributed by atoms with Crippen molar-refractivity contribution in [1.29, 1.82) is 0 Å². The number of nitrogens with zero attached hydrogens (tertiary/aromatic N) is 2. The zero-order valence-corrected chi connectivity index (χ0v) is 15.8. The summed E-state index contributed by atoms with van der Waals surface area (Å²) in [5.41, 5.74) is 2.68. The number of H-pyrrole nitrogens is 1. The average Bonchev–Trinajstić information content (AvgIpc) is 3.29. The van der Waals surface area contributed by atoms with E-state index < -0.39 is 0 Å². The largest absolute Gasteiger partial charge is 0.347 e. The molecule has 0 aliphatic rings. The minimum atomic E-state index is -0.274. The van der Waals surface area contributed by atoms with E-state index in [1.54, 1.807) is 30.6 Å². The summed E-state index contributed by atoms with van der Waals surface area (Å²) >= 11 is 1.27. The molecule has 4 rings (SSSR count). The van der Waals surface area contributed by atoms with Crippen LogP contribution in [-0.2, 0) is 6.54 Å². The van der Waals surface area contributed by atoms with Crippen molar-refractivity contribution in [3.05, 3.63) is 76.4 Å². The number of carbonyl (C=O) groups excluding carboxylic acids is 2. The van der Waals surface area contributed by atoms with Crippen LogP contribution in [0.2, 0.25) is 0 Å². The first-order valence-electron chi connectivity index (χ1n) is 8.63. The summed E-state index contributed by atoms with van der Waals surface area (Å²) in [4.78, 5) is 29.9. The Morgan fingerprint density at radius 1 is 1.11 bits per heavy atom. The molecule has 0 saturated heterocycles. The molecule has 0 bridgehead atoms. The maximum Gasteiger partial charge on any atom is 0.261 e. The molecule has 0 aliphatic heterocycles. The molecule has 1 aromatic carbocycles. The van der Waals surface area contributed by atoms with Gasteiger partial charge in [0, 0.05) is 24.5 Å². The van der Waals surface area contributed by atoms with E-state index in [9.17, 15) is 9.59 Å². The maximum atomic E-state index is 12.5. The first-order valence-corrected chi connectivity index (χ1v) is 9.45. The molecule has 0 saturated carbocycles. The van der Waals surface area contributed by atoms with Crippen LogP contribution in [0.25, 0.3) is 10.2 Å². The van der Waals surface area contributed by atoms with Gasteiger partial charge in [0.25, 0.3) is 11.8 Å². The number of amides is 2. The highest BCUT2D eigenvalue weighted by Gasteiger charge is 2.17. The van der Waals surface area contributed by atoms with E-state index in [0.29, 0.717) is 33.0 Å². The summed E-state index contributed by atoms with van der Waals surface area (Å²) in [6.45, 7) is 2.47. The van der Waals surface area contributed by atoms with Crippen LogP contribution in [0.3, 0.4) is 0 Å². The van der Waals surface area contributed by atoms with Gasteiger partial charge < -0.3 is 10.6 Å². The Kier molecular flexibility index (Phi) is 4.86. The Bertz CT molecular complexity index is 1150. The SMILES string of the molecule is Cc1cccc(CNC(=O)c2cc3c(NC(=O)c4ccncc4)[nH]nc3s2)c1. The lowest BCUT2D eigenvalue weighted by Crippen LogP contribution is -2.21. The number of fused-ring (bicyclic) bond motifs is 1. The zero-order valence-electron chi connectivity index (χ0n) is 15.0. The van der Waals surface area contributed by atoms with E-state index in [1.165, 1.54) is 11.3 Å². The molecule has 3 aromatic heterocycles. The van der Waals surface area contributed by atoms with Gasteiger partial charge in [0.05, 0.1) is 10.3 Å². The standard InChI is InChI=1S/C20H17N5O2S/c1-12-3-2-4-13(9-12)11-22-19(27)16-10-15-17(24-25-20(15)28-16)23-18(26)14-5-7-21-8-6-14/h2-10H,11H2,1H3,(H,22,27)(H2,23,24,25,26). The lowest BCUT2D eigenvalue weighted by atomic mass is 10.1. The van der Waals surface area contributed by atoms with Gasteiger partial charge in [-0.25, -0.2) is 0 Å². The molecule has 0 spiro atoms. The van der Waals surface area contributed by atoms with E-state index in [4.69, 9.17) is 0 Å². The molecular formula is C20H17N5O2S. The predicted octanol–water partition coefficient (Wildman–Crippen LogP) is 3.51. The summed E-state index contributed by atoms with van der Waals surface area (Å²) in [5.74, 6) is 0.0197. The zero-order chi connectivity index (χ0) is 19.5. The Morgan fingerprint density at radius 3 is 2.71 bits per heavy atom. The molecule has 28 heavy (non-hydrogen) atoms. The number of carbonyl (C=O) groups is 2. The highest BCUT2D eigenvalue weighted by atomic mass is 32.1. The van der Waals surface area contributed by atoms with Crippen molar-refractivity contribution in [2.45, 2.75) is 13.5 Å². The molecule has 0 unspecified atom stereocenters. The monoisotopic (exact) mass is 391 g/mol. The molecule has 3 N–H and O–H groups in total. The maximum absolute atomic E-state index is 12.5. The third-order valence-electron chi connectivity index (χ3n) is 4.19. The lowest BCUT2D eigenvalue weighted by Gasteiger charge is -2.04. The van der Waals surface area contributed by atoms with Gasteiger partial charge in [0.15, 0.2) is 0 Å². The van der Waals surface area contributed by atoms with Gasteiger partial charge in [-0.1, -0.05) is 29.8 Å². The second-order valence-corrected chi connectivity index (χ2v) is 7.32. The first kappa shape index (κ1) is 17.9. The van der Waals surface area contributed by atoms with Crippen LogP contribution in [0.5, 0.6) is 0 Å². The molecule has 4 aromatic rings. The Balaban J connectivity index is 1.47. The smallest absolute Gasteiger partial charge is 0.261 e. The topological polar surface area (TPSA) is 99.8 Å². The van der Waals surface area contributed by atoms with Gasteiger partial charge in [-0.05, 0) is 30.7 Å². The van der Waals surface area contributed by atoms with Gasteiger partial charge in [0.1, 0.15) is 10.6 Å². The summed E-state index contributed by atoms with van der Waals surface area (Å²) < 4.78 is 0. The molecule has 8 heteroatoms. The molecule has 2 amide bonds. The molecule has 140 valence electrons. The number of hydrogen-bond donors (Lipinski definition) is 3. The number of pyridine rings is 1. The number of benzene rings is 1. The van der Waals surface area contributed by atoms with E-state index in [0.717, 1.165) is 11.1 Å². The van der Waals surface area contributed by atoms with Gasteiger partial charge in [-0.2, -0.15) is 5.10 Å². The number of aromatic nitrogens is 3. The van der Waals surface area contributed by atoms with Crippen LogP contribution in [0.1, 0.15) is 31.2 Å². The molecule has 0 aliphatic carbocycles. The quantitative estimate of drug-likeness (QED) is 0.485. The number of anilines is 1. The van der Waals surface area contributed by atoms with Crippen molar-refractivity contribution in [2.24, 2.45) is 0 Å². The summed E-state index contributed by atoms with van der Waals surface area (Å²) in [6, 6.07) is 13.0. The van der Waals surface area contributed by atoms with E-state index in [1.807, 2.05) is 31.2 Å². The highest BCUT2D eigenvalue weighted by molar-refractivity contribution is 7.20. The fraction of sp³-hybridized carbons (Fsp3) is 0.100. The van der Waals surface area contributed by atoms with Gasteiger partial charge in [0.2, 0.25) is 0 Å². The second kappa shape index (κ2) is 7.61. The van der Waals surface area contributed by atoms with Crippen LogP contribution in [0.15, 0.2) is 54.9 Å². The van der Waals surface area contributed by atoms with E-state index in [-0.39, 0.29) is 11.8 Å². The third kappa shape index (κ3) is 3.77. The van der Waals surface area contributed by atoms with Crippen molar-refractivity contribution < 1.29 is 9.59 Å².